The molecule has 59 heavy (non-hydrogen) atoms. The fourth-order valence-corrected chi connectivity index (χ4v) is 7.48. The minimum atomic E-state index is -0.637. The number of hydrogen-bond acceptors (Lipinski definition) is 8. The molecule has 3 aromatic carbocycles. The lowest BCUT2D eigenvalue weighted by molar-refractivity contribution is 0.0193. The lowest BCUT2D eigenvalue weighted by Gasteiger charge is -2.33. The van der Waals surface area contributed by atoms with Gasteiger partial charge in [0.15, 0.2) is 0 Å². The molecule has 2 aromatic heterocycles. The van der Waals surface area contributed by atoms with E-state index in [1.165, 1.54) is 18.2 Å². The van der Waals surface area contributed by atoms with Gasteiger partial charge in [0.25, 0.3) is 11.1 Å². The van der Waals surface area contributed by atoms with E-state index in [0.717, 1.165) is 35.3 Å². The first-order valence-corrected chi connectivity index (χ1v) is 20.1. The second-order valence-corrected chi connectivity index (χ2v) is 17.7. The van der Waals surface area contributed by atoms with Crippen molar-refractivity contribution < 1.29 is 27.8 Å². The number of rotatable bonds is 3. The molecule has 2 N–H and O–H groups in total. The molecular formula is C45H54F2N6O6. The Morgan fingerprint density at radius 1 is 0.627 bits per heavy atom. The van der Waals surface area contributed by atoms with E-state index >= 15 is 0 Å². The molecule has 0 spiro atoms. The van der Waals surface area contributed by atoms with Crippen molar-refractivity contribution in [3.63, 3.8) is 0 Å². The van der Waals surface area contributed by atoms with Crippen molar-refractivity contribution in [1.82, 2.24) is 29.7 Å². The van der Waals surface area contributed by atoms with Crippen molar-refractivity contribution in [1.29, 1.82) is 0 Å². The van der Waals surface area contributed by atoms with Gasteiger partial charge >= 0.3 is 12.2 Å². The molecule has 7 rings (SSSR count). The summed E-state index contributed by atoms with van der Waals surface area (Å²) in [6.45, 7) is 18.8. The highest BCUT2D eigenvalue weighted by Gasteiger charge is 2.30. The standard InChI is InChI=1S/C25H27F2N3O3.C20H27N3O3/c1-14-5-6-16(12-19(14)26)17-11-18-21(20(27)13-17)28-22(29-23(18)31)15-7-9-30(10-8-15)24(32)33-25(2,3)4;1-12-10-13(2)16-15(11-12)18(24)22-17(21-16)14-6-8-23(9-7-14)19(25)26-20(3,4)5/h5-6,11-13,15H,7-10H2,1-4H3,(H,28,29,31);10-11,14H,6-9H2,1-5H3,(H,21,22,24). The zero-order valence-corrected chi connectivity index (χ0v) is 35.3. The molecule has 314 valence electrons. The molecule has 2 saturated heterocycles. The van der Waals surface area contributed by atoms with Crippen LogP contribution in [0.4, 0.5) is 18.4 Å². The van der Waals surface area contributed by atoms with Crippen LogP contribution in [0.3, 0.4) is 0 Å². The van der Waals surface area contributed by atoms with Crippen LogP contribution in [0, 0.1) is 32.4 Å². The van der Waals surface area contributed by atoms with Crippen LogP contribution < -0.4 is 11.1 Å². The summed E-state index contributed by atoms with van der Waals surface area (Å²) in [6, 6.07) is 11.4. The second kappa shape index (κ2) is 16.9. The van der Waals surface area contributed by atoms with Gasteiger partial charge in [-0.25, -0.2) is 28.3 Å². The summed E-state index contributed by atoms with van der Waals surface area (Å²) in [5, 5.41) is 0.748. The highest BCUT2D eigenvalue weighted by molar-refractivity contribution is 5.84. The lowest BCUT2D eigenvalue weighted by Crippen LogP contribution is -2.41. The van der Waals surface area contributed by atoms with E-state index in [1.807, 2.05) is 67.5 Å². The largest absolute Gasteiger partial charge is 0.444 e. The van der Waals surface area contributed by atoms with E-state index in [9.17, 15) is 28.0 Å². The summed E-state index contributed by atoms with van der Waals surface area (Å²) >= 11 is 0. The molecule has 2 aliphatic rings. The molecule has 14 heteroatoms. The SMILES string of the molecule is Cc1cc(C)c2nc(C3CCN(C(=O)OC(C)(C)C)CC3)[nH]c(=O)c2c1.Cc1ccc(-c2cc(F)c3nc(C4CCN(C(=O)OC(C)(C)C)CC4)[nH]c(=O)c3c2)cc1F. The predicted octanol–water partition coefficient (Wildman–Crippen LogP) is 8.95. The molecule has 12 nitrogen and oxygen atoms in total. The van der Waals surface area contributed by atoms with Gasteiger partial charge in [-0.05, 0) is 140 Å². The molecule has 0 atom stereocenters. The number of fused-ring (bicyclic) bond motifs is 2. The van der Waals surface area contributed by atoms with Crippen molar-refractivity contribution >= 4 is 34.0 Å². The van der Waals surface area contributed by atoms with Gasteiger partial charge in [-0.2, -0.15) is 0 Å². The van der Waals surface area contributed by atoms with Crippen molar-refractivity contribution in [2.45, 2.75) is 111 Å². The Balaban J connectivity index is 0.000000204. The highest BCUT2D eigenvalue weighted by atomic mass is 19.1. The Morgan fingerprint density at radius 3 is 1.56 bits per heavy atom. The number of halogens is 2. The quantitative estimate of drug-likeness (QED) is 0.183. The molecule has 5 aromatic rings. The molecule has 2 amide bonds. The van der Waals surface area contributed by atoms with Crippen LogP contribution in [0.5, 0.6) is 0 Å². The Hall–Kier alpha value is -5.66. The Bertz CT molecular complexity index is 2500. The number of hydrogen-bond donors (Lipinski definition) is 2. The zero-order chi connectivity index (χ0) is 43.0. The molecule has 2 aliphatic heterocycles. The van der Waals surface area contributed by atoms with Crippen molar-refractivity contribution in [3.8, 4) is 11.1 Å². The maximum Gasteiger partial charge on any atom is 0.410 e. The predicted molar refractivity (Wildman–Crippen MR) is 224 cm³/mol. The maximum absolute atomic E-state index is 15.0. The normalized spacial score (nSPS) is 15.6. The smallest absolute Gasteiger partial charge is 0.410 e. The lowest BCUT2D eigenvalue weighted by atomic mass is 9.95. The number of aryl methyl sites for hydroxylation is 3. The number of likely N-dealkylation sites (tertiary alicyclic amines) is 2. The number of nitrogens with one attached hydrogen (secondary N) is 2. The molecule has 2 fully saturated rings. The third kappa shape index (κ3) is 10.3. The van der Waals surface area contributed by atoms with E-state index in [4.69, 9.17) is 14.5 Å². The van der Waals surface area contributed by atoms with E-state index in [0.29, 0.717) is 66.9 Å². The number of carbonyl (C=O) groups excluding carboxylic acids is 2. The van der Waals surface area contributed by atoms with Gasteiger partial charge in [-0.3, -0.25) is 9.59 Å². The molecule has 0 bridgehead atoms. The maximum atomic E-state index is 15.0. The summed E-state index contributed by atoms with van der Waals surface area (Å²) in [4.78, 5) is 68.0. The molecule has 0 unspecified atom stereocenters. The van der Waals surface area contributed by atoms with Crippen LogP contribution in [-0.2, 0) is 9.47 Å². The Kier molecular flexibility index (Phi) is 12.3. The van der Waals surface area contributed by atoms with Gasteiger partial charge in [0, 0.05) is 38.0 Å². The van der Waals surface area contributed by atoms with Crippen molar-refractivity contribution in [2.24, 2.45) is 0 Å². The summed E-state index contributed by atoms with van der Waals surface area (Å²) in [7, 11) is 0. The van der Waals surface area contributed by atoms with Crippen molar-refractivity contribution in [3.05, 3.63) is 103 Å². The summed E-state index contributed by atoms with van der Waals surface area (Å²) in [5.41, 5.74) is 2.60. The van der Waals surface area contributed by atoms with Crippen molar-refractivity contribution in [2.75, 3.05) is 26.2 Å². The fraction of sp³-hybridized carbons (Fsp3) is 0.467. The molecular weight excluding hydrogens is 759 g/mol. The first-order valence-electron chi connectivity index (χ1n) is 20.1. The average Bonchev–Trinajstić information content (AvgIpc) is 3.15. The van der Waals surface area contributed by atoms with E-state index in [2.05, 4.69) is 15.0 Å². The first-order chi connectivity index (χ1) is 27.7. The number of aromatic amines is 2. The molecule has 0 saturated carbocycles. The number of H-pyrrole nitrogens is 2. The molecule has 0 radical (unpaired) electrons. The van der Waals surface area contributed by atoms with Gasteiger partial charge in [0.05, 0.1) is 16.3 Å². The van der Waals surface area contributed by atoms with E-state index < -0.39 is 28.4 Å². The monoisotopic (exact) mass is 812 g/mol. The minimum Gasteiger partial charge on any atom is -0.444 e. The number of piperidine rings is 2. The van der Waals surface area contributed by atoms with Crippen LogP contribution in [0.1, 0.15) is 107 Å². The van der Waals surface area contributed by atoms with Crippen LogP contribution in [0.15, 0.2) is 52.1 Å². The Morgan fingerprint density at radius 2 is 1.08 bits per heavy atom. The number of nitrogens with zero attached hydrogens (tertiary/aromatic N) is 4. The second-order valence-electron chi connectivity index (χ2n) is 17.7. The topological polar surface area (TPSA) is 151 Å². The average molecular weight is 813 g/mol. The number of carbonyl (C=O) groups is 2. The van der Waals surface area contributed by atoms with Crippen LogP contribution in [0.2, 0.25) is 0 Å². The third-order valence-corrected chi connectivity index (χ3v) is 10.5. The van der Waals surface area contributed by atoms with Crippen LogP contribution in [-0.4, -0.2) is 79.3 Å². The number of ether oxygens (including phenoxy) is 2. The van der Waals surface area contributed by atoms with E-state index in [-0.39, 0.29) is 40.5 Å². The minimum absolute atomic E-state index is 0.0142. The van der Waals surface area contributed by atoms with Gasteiger partial charge < -0.3 is 29.2 Å². The first kappa shape index (κ1) is 42.9. The third-order valence-electron chi connectivity index (χ3n) is 10.5. The van der Waals surface area contributed by atoms with Gasteiger partial charge in [-0.1, -0.05) is 18.2 Å². The Labute approximate surface area is 342 Å². The van der Waals surface area contributed by atoms with Crippen LogP contribution in [0.25, 0.3) is 32.9 Å². The fourth-order valence-electron chi connectivity index (χ4n) is 7.48. The highest BCUT2D eigenvalue weighted by Crippen LogP contribution is 2.31. The molecule has 0 aliphatic carbocycles. The number of benzene rings is 3. The van der Waals surface area contributed by atoms with E-state index in [1.54, 1.807) is 28.9 Å². The van der Waals surface area contributed by atoms with Crippen LogP contribution >= 0.6 is 0 Å². The summed E-state index contributed by atoms with van der Waals surface area (Å²) in [5.74, 6) is 0.135. The van der Waals surface area contributed by atoms with Gasteiger partial charge in [0.1, 0.15) is 40.0 Å². The zero-order valence-electron chi connectivity index (χ0n) is 35.3. The molecule has 4 heterocycles. The number of aromatic nitrogens is 4. The van der Waals surface area contributed by atoms with Gasteiger partial charge in [0.2, 0.25) is 0 Å². The number of amides is 2. The van der Waals surface area contributed by atoms with Gasteiger partial charge in [-0.15, -0.1) is 0 Å². The summed E-state index contributed by atoms with van der Waals surface area (Å²) in [6.07, 6.45) is 2.04. The summed E-state index contributed by atoms with van der Waals surface area (Å²) < 4.78 is 39.8.